The van der Waals surface area contributed by atoms with Crippen LogP contribution in [0.25, 0.3) is 0 Å². The molecule has 0 saturated carbocycles. The van der Waals surface area contributed by atoms with Gasteiger partial charge in [-0.1, -0.05) is 30.3 Å². The molecule has 0 radical (unpaired) electrons. The van der Waals surface area contributed by atoms with Crippen molar-refractivity contribution in [2.45, 2.75) is 31.6 Å². The van der Waals surface area contributed by atoms with Gasteiger partial charge in [-0.05, 0) is 18.4 Å². The first-order valence-corrected chi connectivity index (χ1v) is 9.91. The summed E-state index contributed by atoms with van der Waals surface area (Å²) >= 11 is 0. The molecule has 0 aliphatic carbocycles. The van der Waals surface area contributed by atoms with Gasteiger partial charge in [0.05, 0.1) is 25.4 Å². The van der Waals surface area contributed by atoms with Crippen molar-refractivity contribution >= 4 is 11.5 Å². The van der Waals surface area contributed by atoms with Crippen LogP contribution in [0.4, 0.5) is 20.3 Å². The fourth-order valence-electron chi connectivity index (χ4n) is 4.19. The van der Waals surface area contributed by atoms with E-state index >= 15 is 0 Å². The Hall–Kier alpha value is -2.45. The third-order valence-corrected chi connectivity index (χ3v) is 5.55. The van der Waals surface area contributed by atoms with E-state index in [1.54, 1.807) is 6.07 Å². The number of benzene rings is 1. The normalized spacial score (nSPS) is 22.4. The Morgan fingerprint density at radius 1 is 1.14 bits per heavy atom. The SMILES string of the molecule is O=c1cc(N2CCOCC2)cc(N2CC[C@H](OC(F)F)[C@H]2Cc2ccccc2)[nH]1. The number of ether oxygens (including phenoxy) is 2. The number of aromatic nitrogens is 1. The number of nitrogens with zero attached hydrogens (tertiary/aromatic N) is 2. The lowest BCUT2D eigenvalue weighted by atomic mass is 10.0. The van der Waals surface area contributed by atoms with Crippen LogP contribution in [0.1, 0.15) is 12.0 Å². The molecule has 1 aromatic carbocycles. The molecule has 2 fully saturated rings. The average molecular weight is 405 g/mol. The molecule has 156 valence electrons. The quantitative estimate of drug-likeness (QED) is 0.801. The van der Waals surface area contributed by atoms with Gasteiger partial charge in [0, 0.05) is 37.5 Å². The maximum atomic E-state index is 13.0. The zero-order chi connectivity index (χ0) is 20.2. The largest absolute Gasteiger partial charge is 0.378 e. The van der Waals surface area contributed by atoms with E-state index in [1.165, 1.54) is 0 Å². The topological polar surface area (TPSA) is 57.8 Å². The van der Waals surface area contributed by atoms with Crippen LogP contribution in [0, 0.1) is 0 Å². The van der Waals surface area contributed by atoms with Gasteiger partial charge in [-0.2, -0.15) is 8.78 Å². The summed E-state index contributed by atoms with van der Waals surface area (Å²) in [7, 11) is 0. The Bertz CT molecular complexity index is 856. The second-order valence-corrected chi connectivity index (χ2v) is 7.36. The van der Waals surface area contributed by atoms with E-state index < -0.39 is 12.7 Å². The van der Waals surface area contributed by atoms with E-state index in [2.05, 4.69) is 9.88 Å². The van der Waals surface area contributed by atoms with Gasteiger partial charge < -0.3 is 24.3 Å². The van der Waals surface area contributed by atoms with E-state index in [0.717, 1.165) is 11.3 Å². The predicted octanol–water partition coefficient (Wildman–Crippen LogP) is 2.64. The van der Waals surface area contributed by atoms with Crippen LogP contribution in [0.15, 0.2) is 47.3 Å². The molecule has 4 rings (SSSR count). The fraction of sp³-hybridized carbons (Fsp3) is 0.476. The first-order chi connectivity index (χ1) is 14.1. The zero-order valence-electron chi connectivity index (χ0n) is 16.1. The molecule has 2 aromatic rings. The second kappa shape index (κ2) is 8.92. The highest BCUT2D eigenvalue weighted by molar-refractivity contribution is 5.56. The summed E-state index contributed by atoms with van der Waals surface area (Å²) in [4.78, 5) is 19.3. The minimum atomic E-state index is -2.82. The van der Waals surface area contributed by atoms with Gasteiger partial charge in [-0.3, -0.25) is 4.79 Å². The smallest absolute Gasteiger partial charge is 0.345 e. The number of aromatic amines is 1. The molecule has 29 heavy (non-hydrogen) atoms. The van der Waals surface area contributed by atoms with Crippen molar-refractivity contribution in [3.8, 4) is 0 Å². The third kappa shape index (κ3) is 4.76. The maximum absolute atomic E-state index is 13.0. The van der Waals surface area contributed by atoms with Crippen LogP contribution < -0.4 is 15.4 Å². The summed E-state index contributed by atoms with van der Waals surface area (Å²) in [6.07, 6.45) is 0.430. The summed E-state index contributed by atoms with van der Waals surface area (Å²) in [6, 6.07) is 12.9. The molecular weight excluding hydrogens is 380 g/mol. The maximum Gasteiger partial charge on any atom is 0.345 e. The molecule has 2 aliphatic rings. The second-order valence-electron chi connectivity index (χ2n) is 7.36. The molecule has 0 amide bonds. The number of pyridine rings is 1. The Kier molecular flexibility index (Phi) is 6.10. The van der Waals surface area contributed by atoms with Crippen molar-refractivity contribution in [3.63, 3.8) is 0 Å². The number of rotatable bonds is 6. The average Bonchev–Trinajstić information content (AvgIpc) is 3.10. The fourth-order valence-corrected chi connectivity index (χ4v) is 4.19. The molecule has 2 saturated heterocycles. The summed E-state index contributed by atoms with van der Waals surface area (Å²) in [5, 5.41) is 0. The number of anilines is 2. The predicted molar refractivity (Wildman–Crippen MR) is 107 cm³/mol. The van der Waals surface area contributed by atoms with E-state index in [-0.39, 0.29) is 11.6 Å². The number of morpholine rings is 1. The number of alkyl halides is 2. The first-order valence-electron chi connectivity index (χ1n) is 9.91. The van der Waals surface area contributed by atoms with E-state index in [0.29, 0.717) is 51.5 Å². The lowest BCUT2D eigenvalue weighted by molar-refractivity contribution is -0.163. The Balaban J connectivity index is 1.62. The Morgan fingerprint density at radius 3 is 2.62 bits per heavy atom. The van der Waals surface area contributed by atoms with Gasteiger partial charge in [-0.15, -0.1) is 0 Å². The monoisotopic (exact) mass is 405 g/mol. The summed E-state index contributed by atoms with van der Waals surface area (Å²) in [6.45, 7) is 0.384. The van der Waals surface area contributed by atoms with Gasteiger partial charge in [0.1, 0.15) is 5.82 Å². The van der Waals surface area contributed by atoms with Crippen LogP contribution in [0.5, 0.6) is 0 Å². The van der Waals surface area contributed by atoms with Crippen LogP contribution in [0.2, 0.25) is 0 Å². The summed E-state index contributed by atoms with van der Waals surface area (Å²) in [5.41, 5.74) is 1.66. The number of hydrogen-bond acceptors (Lipinski definition) is 5. The molecule has 2 aliphatic heterocycles. The van der Waals surface area contributed by atoms with Crippen LogP contribution >= 0.6 is 0 Å². The molecule has 8 heteroatoms. The number of nitrogens with one attached hydrogen (secondary N) is 1. The summed E-state index contributed by atoms with van der Waals surface area (Å²) < 4.78 is 36.3. The molecule has 1 aromatic heterocycles. The molecule has 0 bridgehead atoms. The minimum absolute atomic E-state index is 0.208. The third-order valence-electron chi connectivity index (χ3n) is 5.55. The zero-order valence-corrected chi connectivity index (χ0v) is 16.1. The molecule has 0 spiro atoms. The number of hydrogen-bond donors (Lipinski definition) is 1. The molecule has 3 heterocycles. The van der Waals surface area contributed by atoms with Crippen molar-refractivity contribution in [2.75, 3.05) is 42.6 Å². The van der Waals surface area contributed by atoms with Gasteiger partial charge in [0.15, 0.2) is 0 Å². The summed E-state index contributed by atoms with van der Waals surface area (Å²) in [5.74, 6) is 0.639. The minimum Gasteiger partial charge on any atom is -0.378 e. The van der Waals surface area contributed by atoms with Crippen LogP contribution in [-0.2, 0) is 15.9 Å². The molecule has 6 nitrogen and oxygen atoms in total. The van der Waals surface area contributed by atoms with Crippen molar-refractivity contribution in [3.05, 3.63) is 58.4 Å². The standard InChI is InChI=1S/C21H25F2N3O3/c22-21(23)29-18-6-7-26(17(18)12-15-4-2-1-3-5-15)19-13-16(14-20(27)24-19)25-8-10-28-11-9-25/h1-5,13-14,17-18,21H,6-12H2,(H,24,27)/t17-,18+/m1/s1. The van der Waals surface area contributed by atoms with Gasteiger partial charge >= 0.3 is 6.61 Å². The highest BCUT2D eigenvalue weighted by atomic mass is 19.3. The number of H-pyrrole nitrogens is 1. The van der Waals surface area contributed by atoms with Crippen molar-refractivity contribution in [2.24, 2.45) is 0 Å². The Morgan fingerprint density at radius 2 is 1.90 bits per heavy atom. The lowest BCUT2D eigenvalue weighted by Gasteiger charge is -2.32. The highest BCUT2D eigenvalue weighted by Gasteiger charge is 2.37. The van der Waals surface area contributed by atoms with E-state index in [4.69, 9.17) is 9.47 Å². The molecular formula is C21H25F2N3O3. The van der Waals surface area contributed by atoms with E-state index in [1.807, 2.05) is 41.3 Å². The van der Waals surface area contributed by atoms with E-state index in [9.17, 15) is 13.6 Å². The van der Waals surface area contributed by atoms with Crippen molar-refractivity contribution in [1.29, 1.82) is 0 Å². The van der Waals surface area contributed by atoms with Gasteiger partial charge in [0.25, 0.3) is 5.56 Å². The number of halogens is 2. The first kappa shape index (κ1) is 19.8. The van der Waals surface area contributed by atoms with Crippen LogP contribution in [0.3, 0.4) is 0 Å². The highest BCUT2D eigenvalue weighted by Crippen LogP contribution is 2.31. The van der Waals surface area contributed by atoms with Gasteiger partial charge in [-0.25, -0.2) is 0 Å². The van der Waals surface area contributed by atoms with Crippen molar-refractivity contribution < 1.29 is 18.3 Å². The molecule has 2 atom stereocenters. The molecule has 0 unspecified atom stereocenters. The van der Waals surface area contributed by atoms with Gasteiger partial charge in [0.2, 0.25) is 0 Å². The van der Waals surface area contributed by atoms with Crippen molar-refractivity contribution in [1.82, 2.24) is 4.98 Å². The van der Waals surface area contributed by atoms with Crippen LogP contribution in [-0.4, -0.2) is 56.6 Å². The lowest BCUT2D eigenvalue weighted by Crippen LogP contribution is -2.40. The Labute approximate surface area is 168 Å². The molecule has 1 N–H and O–H groups in total.